The van der Waals surface area contributed by atoms with E-state index in [-0.39, 0.29) is 18.0 Å². The van der Waals surface area contributed by atoms with Gasteiger partial charge in [0, 0.05) is 13.1 Å². The van der Waals surface area contributed by atoms with E-state index in [2.05, 4.69) is 0 Å². The number of carboxylic acids is 1. The Balaban J connectivity index is 2.22. The third-order valence-corrected chi connectivity index (χ3v) is 5.43. The molecule has 0 saturated carbocycles. The minimum absolute atomic E-state index is 0.122. The third kappa shape index (κ3) is 2.78. The Morgan fingerprint density at radius 1 is 1.30 bits per heavy atom. The lowest BCUT2D eigenvalue weighted by Crippen LogP contribution is -2.40. The molecule has 0 amide bonds. The van der Waals surface area contributed by atoms with Gasteiger partial charge in [0.25, 0.3) is 0 Å². The van der Waals surface area contributed by atoms with Crippen molar-refractivity contribution in [3.63, 3.8) is 0 Å². The van der Waals surface area contributed by atoms with Gasteiger partial charge in [-0.15, -0.1) is 0 Å². The SMILES string of the molecule is COc1ccccc1S(=O)(=O)N1CCC(C(=O)O)CC1. The van der Waals surface area contributed by atoms with Gasteiger partial charge < -0.3 is 9.84 Å². The van der Waals surface area contributed by atoms with Gasteiger partial charge in [0.1, 0.15) is 10.6 Å². The van der Waals surface area contributed by atoms with Crippen LogP contribution in [0.3, 0.4) is 0 Å². The van der Waals surface area contributed by atoms with E-state index in [0.29, 0.717) is 18.6 Å². The molecule has 1 N–H and O–H groups in total. The number of carbonyl (C=O) groups is 1. The average molecular weight is 299 g/mol. The van der Waals surface area contributed by atoms with Crippen molar-refractivity contribution >= 4 is 16.0 Å². The lowest BCUT2D eigenvalue weighted by Gasteiger charge is -2.29. The predicted octanol–water partition coefficient (Wildman–Crippen LogP) is 1.18. The lowest BCUT2D eigenvalue weighted by molar-refractivity contribution is -0.142. The summed E-state index contributed by atoms with van der Waals surface area (Å²) in [5.41, 5.74) is 0. The van der Waals surface area contributed by atoms with E-state index < -0.39 is 21.9 Å². The number of nitrogens with zero attached hydrogens (tertiary/aromatic N) is 1. The van der Waals surface area contributed by atoms with Crippen LogP contribution in [0.25, 0.3) is 0 Å². The molecule has 0 spiro atoms. The summed E-state index contributed by atoms with van der Waals surface area (Å²) in [6, 6.07) is 6.43. The van der Waals surface area contributed by atoms with Gasteiger partial charge in [-0.3, -0.25) is 4.79 Å². The smallest absolute Gasteiger partial charge is 0.306 e. The molecule has 7 heteroatoms. The van der Waals surface area contributed by atoms with Gasteiger partial charge in [-0.25, -0.2) is 8.42 Å². The highest BCUT2D eigenvalue weighted by Crippen LogP contribution is 2.29. The molecule has 20 heavy (non-hydrogen) atoms. The van der Waals surface area contributed by atoms with Crippen LogP contribution in [0.15, 0.2) is 29.2 Å². The first-order chi connectivity index (χ1) is 9.46. The molecule has 0 unspecified atom stereocenters. The Morgan fingerprint density at radius 3 is 2.45 bits per heavy atom. The van der Waals surface area contributed by atoms with Gasteiger partial charge in [-0.2, -0.15) is 4.31 Å². The van der Waals surface area contributed by atoms with Gasteiger partial charge in [0.05, 0.1) is 13.0 Å². The molecular formula is C13H17NO5S. The van der Waals surface area contributed by atoms with Crippen molar-refractivity contribution in [1.82, 2.24) is 4.31 Å². The van der Waals surface area contributed by atoms with Crippen LogP contribution in [-0.2, 0) is 14.8 Å². The number of ether oxygens (including phenoxy) is 1. The molecule has 0 atom stereocenters. The van der Waals surface area contributed by atoms with Crippen LogP contribution in [0.5, 0.6) is 5.75 Å². The average Bonchev–Trinajstić information content (AvgIpc) is 2.47. The topological polar surface area (TPSA) is 83.9 Å². The Labute approximate surface area is 118 Å². The Bertz CT molecular complexity index is 591. The van der Waals surface area contributed by atoms with Crippen molar-refractivity contribution in [1.29, 1.82) is 0 Å². The Kier molecular flexibility index (Phi) is 4.29. The maximum Gasteiger partial charge on any atom is 0.306 e. The summed E-state index contributed by atoms with van der Waals surface area (Å²) in [4.78, 5) is 11.0. The molecule has 0 aliphatic carbocycles. The molecule has 110 valence electrons. The molecule has 1 aromatic carbocycles. The fourth-order valence-electron chi connectivity index (χ4n) is 2.31. The molecule has 6 nitrogen and oxygen atoms in total. The van der Waals surface area contributed by atoms with Crippen molar-refractivity contribution in [3.8, 4) is 5.75 Å². The second kappa shape index (κ2) is 5.80. The quantitative estimate of drug-likeness (QED) is 0.902. The highest BCUT2D eigenvalue weighted by molar-refractivity contribution is 7.89. The maximum absolute atomic E-state index is 12.5. The Hall–Kier alpha value is -1.60. The first-order valence-corrected chi connectivity index (χ1v) is 7.77. The van der Waals surface area contributed by atoms with E-state index in [0.717, 1.165) is 0 Å². The van der Waals surface area contributed by atoms with Crippen LogP contribution in [-0.4, -0.2) is 44.0 Å². The number of methoxy groups -OCH3 is 1. The van der Waals surface area contributed by atoms with Gasteiger partial charge >= 0.3 is 5.97 Å². The maximum atomic E-state index is 12.5. The summed E-state index contributed by atoms with van der Waals surface area (Å²) in [5.74, 6) is -1.02. The van der Waals surface area contributed by atoms with E-state index >= 15 is 0 Å². The largest absolute Gasteiger partial charge is 0.495 e. The van der Waals surface area contributed by atoms with Gasteiger partial charge in [-0.1, -0.05) is 12.1 Å². The Morgan fingerprint density at radius 2 is 1.90 bits per heavy atom. The number of hydrogen-bond acceptors (Lipinski definition) is 4. The summed E-state index contributed by atoms with van der Waals surface area (Å²) in [6.07, 6.45) is 0.674. The van der Waals surface area contributed by atoms with Crippen LogP contribution in [0, 0.1) is 5.92 Å². The molecule has 1 saturated heterocycles. The predicted molar refractivity (Wildman–Crippen MR) is 72.1 cm³/mol. The third-order valence-electron chi connectivity index (χ3n) is 3.49. The molecule has 0 bridgehead atoms. The minimum Gasteiger partial charge on any atom is -0.495 e. The van der Waals surface area contributed by atoms with E-state index in [1.807, 2.05) is 0 Å². The molecule has 1 heterocycles. The zero-order chi connectivity index (χ0) is 14.8. The molecule has 0 aromatic heterocycles. The standard InChI is InChI=1S/C13H17NO5S/c1-19-11-4-2-3-5-12(11)20(17,18)14-8-6-10(7-9-14)13(15)16/h2-5,10H,6-9H2,1H3,(H,15,16). The number of aliphatic carboxylic acids is 1. The van der Waals surface area contributed by atoms with Gasteiger partial charge in [-0.05, 0) is 25.0 Å². The number of hydrogen-bond donors (Lipinski definition) is 1. The summed E-state index contributed by atoms with van der Waals surface area (Å²) < 4.78 is 31.5. The first-order valence-electron chi connectivity index (χ1n) is 6.33. The molecule has 2 rings (SSSR count). The number of piperidine rings is 1. The monoisotopic (exact) mass is 299 g/mol. The van der Waals surface area contributed by atoms with Crippen LogP contribution in [0.1, 0.15) is 12.8 Å². The van der Waals surface area contributed by atoms with Gasteiger partial charge in [0.15, 0.2) is 0 Å². The number of benzene rings is 1. The van der Waals surface area contributed by atoms with E-state index in [9.17, 15) is 13.2 Å². The highest BCUT2D eigenvalue weighted by Gasteiger charge is 2.33. The molecule has 1 aliphatic heterocycles. The highest BCUT2D eigenvalue weighted by atomic mass is 32.2. The molecule has 1 fully saturated rings. The number of carboxylic acid groups (broad SMARTS) is 1. The van der Waals surface area contributed by atoms with E-state index in [4.69, 9.17) is 9.84 Å². The van der Waals surface area contributed by atoms with Crippen molar-refractivity contribution in [2.45, 2.75) is 17.7 Å². The second-order valence-electron chi connectivity index (χ2n) is 4.67. The van der Waals surface area contributed by atoms with Crippen LogP contribution in [0.2, 0.25) is 0 Å². The van der Waals surface area contributed by atoms with Crippen molar-refractivity contribution in [2.75, 3.05) is 20.2 Å². The van der Waals surface area contributed by atoms with Crippen molar-refractivity contribution in [2.24, 2.45) is 5.92 Å². The van der Waals surface area contributed by atoms with Crippen molar-refractivity contribution < 1.29 is 23.1 Å². The first kappa shape index (κ1) is 14.8. The van der Waals surface area contributed by atoms with E-state index in [1.165, 1.54) is 17.5 Å². The summed E-state index contributed by atoms with van der Waals surface area (Å²) in [5, 5.41) is 8.94. The zero-order valence-electron chi connectivity index (χ0n) is 11.2. The number of sulfonamides is 1. The molecule has 1 aliphatic rings. The summed E-state index contributed by atoms with van der Waals surface area (Å²) in [7, 11) is -2.22. The van der Waals surface area contributed by atoms with Crippen molar-refractivity contribution in [3.05, 3.63) is 24.3 Å². The normalized spacial score (nSPS) is 17.9. The van der Waals surface area contributed by atoms with Gasteiger partial charge in [0.2, 0.25) is 10.0 Å². The zero-order valence-corrected chi connectivity index (χ0v) is 12.0. The summed E-state index contributed by atoms with van der Waals surface area (Å²) >= 11 is 0. The number of para-hydroxylation sites is 1. The van der Waals surface area contributed by atoms with Crippen LogP contribution < -0.4 is 4.74 Å². The lowest BCUT2D eigenvalue weighted by atomic mass is 9.99. The van der Waals surface area contributed by atoms with Crippen LogP contribution >= 0.6 is 0 Å². The minimum atomic E-state index is -3.64. The van der Waals surface area contributed by atoms with Crippen LogP contribution in [0.4, 0.5) is 0 Å². The fraction of sp³-hybridized carbons (Fsp3) is 0.462. The summed E-state index contributed by atoms with van der Waals surface area (Å²) in [6.45, 7) is 0.439. The molecule has 1 aromatic rings. The number of rotatable bonds is 4. The molecular weight excluding hydrogens is 282 g/mol. The fourth-order valence-corrected chi connectivity index (χ4v) is 3.94. The molecule has 0 radical (unpaired) electrons. The van der Waals surface area contributed by atoms with E-state index in [1.54, 1.807) is 18.2 Å². The second-order valence-corrected chi connectivity index (χ2v) is 6.57.